The molecule has 0 radical (unpaired) electrons. The number of hydrogen-bond donors (Lipinski definition) is 0. The van der Waals surface area contributed by atoms with Gasteiger partial charge >= 0.3 is 0 Å². The summed E-state index contributed by atoms with van der Waals surface area (Å²) in [5, 5.41) is 0. The molecular formula is H4BrCl2I. The van der Waals surface area contributed by atoms with Gasteiger partial charge in [-0.2, -0.15) is 0 Å². The van der Waals surface area contributed by atoms with Gasteiger partial charge in [-0.05, 0) is 0 Å². The highest BCUT2D eigenvalue weighted by Gasteiger charge is -0.107. The third kappa shape index (κ3) is 9.21. The molecule has 4 heavy (non-hydrogen) atoms. The minimum atomic E-state index is 0. The molecule has 0 rings (SSSR count). The Morgan fingerprint density at radius 1 is 0.750 bits per heavy atom. The van der Waals surface area contributed by atoms with Crippen LogP contribution in [0.25, 0.3) is 0 Å². The molecule has 0 aliphatic heterocycles. The molecular weight excluding hydrogens is 278 g/mol. The molecule has 0 aromatic heterocycles. The minimum Gasteiger partial charge on any atom is -0.147 e. The first-order valence-corrected chi connectivity index (χ1v) is 0. The average Bonchev–Trinajstić information content (AvgIpc) is 0. The lowest BCUT2D eigenvalue weighted by Crippen LogP contribution is 0.688. The summed E-state index contributed by atoms with van der Waals surface area (Å²) in [7, 11) is 0. The van der Waals surface area contributed by atoms with Gasteiger partial charge in [0.2, 0.25) is 0 Å². The summed E-state index contributed by atoms with van der Waals surface area (Å²) >= 11 is 0. The van der Waals surface area contributed by atoms with E-state index in [0.29, 0.717) is 0 Å². The fourth-order valence-electron chi connectivity index (χ4n) is 0. The van der Waals surface area contributed by atoms with Gasteiger partial charge in [0.15, 0.2) is 0 Å². The Morgan fingerprint density at radius 2 is 0.750 bits per heavy atom. The third-order valence-electron chi connectivity index (χ3n) is 0. The van der Waals surface area contributed by atoms with Crippen LogP contribution in [0, 0.1) is 0 Å². The highest BCUT2D eigenvalue weighted by Crippen LogP contribution is 0.886. The molecule has 0 nitrogen and oxygen atoms in total. The predicted molar refractivity (Wildman–Crippen MR) is 40.2 cm³/mol. The van der Waals surface area contributed by atoms with Crippen LogP contribution in [0.5, 0.6) is 0 Å². The van der Waals surface area contributed by atoms with Crippen molar-refractivity contribution in [2.24, 2.45) is 0 Å². The Balaban J connectivity index is 0. The van der Waals surface area contributed by atoms with Crippen molar-refractivity contribution in [3.05, 3.63) is 0 Å². The van der Waals surface area contributed by atoms with Crippen LogP contribution in [0.2, 0.25) is 0 Å². The SMILES string of the molecule is Br.Cl.Cl.I. The summed E-state index contributed by atoms with van der Waals surface area (Å²) < 4.78 is 0. The molecule has 0 aromatic carbocycles. The first-order valence-electron chi connectivity index (χ1n) is 0. The normalized spacial score (nSPS) is 0. The van der Waals surface area contributed by atoms with E-state index >= 15 is 0 Å². The fraction of sp³-hybridized carbons (Fsp3) is 0. The van der Waals surface area contributed by atoms with E-state index in [4.69, 9.17) is 0 Å². The van der Waals surface area contributed by atoms with E-state index < -0.39 is 0 Å². The van der Waals surface area contributed by atoms with Gasteiger partial charge in [0.1, 0.15) is 0 Å². The van der Waals surface area contributed by atoms with Gasteiger partial charge in [0.05, 0.1) is 0 Å². The molecule has 0 fully saturated rings. The van der Waals surface area contributed by atoms with E-state index in [1.165, 1.54) is 0 Å². The smallest absolute Gasteiger partial charge is 0.107 e. The van der Waals surface area contributed by atoms with E-state index in [-0.39, 0.29) is 65.8 Å². The molecule has 0 saturated heterocycles. The lowest BCUT2D eigenvalue weighted by molar-refractivity contribution is 5.85. The van der Waals surface area contributed by atoms with E-state index in [1.807, 2.05) is 0 Å². The minimum absolute atomic E-state index is 0. The van der Waals surface area contributed by atoms with Crippen LogP contribution in [0.15, 0.2) is 0 Å². The number of hydrogen-bond acceptors (Lipinski definition) is 0. The zero-order valence-electron chi connectivity index (χ0n) is 1.63. The largest absolute Gasteiger partial charge is 0.147 e. The topological polar surface area (TPSA) is 0 Å². The highest BCUT2D eigenvalue weighted by atomic mass is 127. The van der Waals surface area contributed by atoms with Crippen molar-refractivity contribution in [3.63, 3.8) is 0 Å². The van der Waals surface area contributed by atoms with Crippen molar-refractivity contribution in [1.29, 1.82) is 0 Å². The van der Waals surface area contributed by atoms with Gasteiger partial charge in [0.25, 0.3) is 0 Å². The first kappa shape index (κ1) is 41.5. The molecule has 0 saturated carbocycles. The summed E-state index contributed by atoms with van der Waals surface area (Å²) in [5.41, 5.74) is 0. The molecule has 0 aromatic rings. The van der Waals surface area contributed by atoms with Crippen molar-refractivity contribution in [2.75, 3.05) is 0 Å². The number of halogens is 4. The summed E-state index contributed by atoms with van der Waals surface area (Å²) in [6.45, 7) is 0. The Kier molecular flexibility index (Phi) is 223. The van der Waals surface area contributed by atoms with Crippen LogP contribution in [-0.4, -0.2) is 0 Å². The molecule has 0 aliphatic carbocycles. The van der Waals surface area contributed by atoms with Crippen LogP contribution in [0.4, 0.5) is 0 Å². The van der Waals surface area contributed by atoms with Crippen LogP contribution in [-0.2, 0) is 0 Å². The molecule has 0 atom stereocenters. The Morgan fingerprint density at radius 3 is 0.750 bits per heavy atom. The van der Waals surface area contributed by atoms with E-state index in [9.17, 15) is 0 Å². The highest BCUT2D eigenvalue weighted by molar-refractivity contribution is 14.0. The molecule has 0 amide bonds. The van der Waals surface area contributed by atoms with Crippen molar-refractivity contribution in [1.82, 2.24) is 0 Å². The summed E-state index contributed by atoms with van der Waals surface area (Å²) in [6, 6.07) is 0. The van der Waals surface area contributed by atoms with Crippen LogP contribution >= 0.6 is 65.8 Å². The lowest BCUT2D eigenvalue weighted by Gasteiger charge is -0.148. The van der Waals surface area contributed by atoms with Gasteiger partial charge in [-0.25, -0.2) is 0 Å². The van der Waals surface area contributed by atoms with E-state index in [1.54, 1.807) is 0 Å². The summed E-state index contributed by atoms with van der Waals surface area (Å²) in [4.78, 5) is 0. The monoisotopic (exact) mass is 280 g/mol. The second-order valence-electron chi connectivity index (χ2n) is 0. The molecule has 32 valence electrons. The molecule has 4 heteroatoms. The first-order chi connectivity index (χ1) is 0. The van der Waals surface area contributed by atoms with E-state index in [2.05, 4.69) is 0 Å². The standard InChI is InChI=1S/BrH.2ClH.HI/h4*1H. The zero-order chi connectivity index (χ0) is 0. The maximum absolute atomic E-state index is 0. The van der Waals surface area contributed by atoms with Crippen molar-refractivity contribution < 1.29 is 0 Å². The maximum Gasteiger partial charge on any atom is -0.107 e. The molecule has 0 heterocycles. The zero-order valence-corrected chi connectivity index (χ0v) is 7.31. The van der Waals surface area contributed by atoms with Crippen molar-refractivity contribution >= 4 is 65.8 Å². The second-order valence-corrected chi connectivity index (χ2v) is 0. The third-order valence-corrected chi connectivity index (χ3v) is 0. The predicted octanol–water partition coefficient (Wildman–Crippen LogP) is 2.04. The van der Waals surface area contributed by atoms with Crippen molar-refractivity contribution in [3.8, 4) is 0 Å². The maximum atomic E-state index is 0. The Hall–Kier alpha value is 1.79. The van der Waals surface area contributed by atoms with Crippen LogP contribution in [0.1, 0.15) is 0 Å². The van der Waals surface area contributed by atoms with Gasteiger partial charge in [-0.1, -0.05) is 0 Å². The lowest BCUT2D eigenvalue weighted by atomic mass is 35.5. The average molecular weight is 282 g/mol. The molecule has 0 unspecified atom stereocenters. The molecule has 0 spiro atoms. The van der Waals surface area contributed by atoms with E-state index in [0.717, 1.165) is 0 Å². The van der Waals surface area contributed by atoms with Gasteiger partial charge in [0, 0.05) is 0 Å². The second kappa shape index (κ2) is 21.5. The summed E-state index contributed by atoms with van der Waals surface area (Å²) in [6.07, 6.45) is 0. The van der Waals surface area contributed by atoms with Gasteiger partial charge in [-0.15, -0.1) is 65.8 Å². The van der Waals surface area contributed by atoms with Crippen LogP contribution < -0.4 is 0 Å². The van der Waals surface area contributed by atoms with Crippen molar-refractivity contribution in [2.45, 2.75) is 0 Å². The molecule has 0 aliphatic rings. The summed E-state index contributed by atoms with van der Waals surface area (Å²) in [5.74, 6) is 0. The Labute approximate surface area is 65.3 Å². The van der Waals surface area contributed by atoms with Crippen LogP contribution in [0.3, 0.4) is 0 Å². The Bertz CT molecular complexity index is 6.00. The fourth-order valence-corrected chi connectivity index (χ4v) is 0. The van der Waals surface area contributed by atoms with Gasteiger partial charge < -0.3 is 0 Å². The number of rotatable bonds is 0. The quantitative estimate of drug-likeness (QED) is 0.596. The molecule has 0 N–H and O–H groups in total. The molecule has 0 bridgehead atoms. The van der Waals surface area contributed by atoms with Gasteiger partial charge in [-0.3, -0.25) is 0 Å².